The van der Waals surface area contributed by atoms with Crippen molar-refractivity contribution in [3.63, 3.8) is 0 Å². The first-order chi connectivity index (χ1) is 10.1. The number of hydrogen-bond donors (Lipinski definition) is 1. The van der Waals surface area contributed by atoms with E-state index in [0.29, 0.717) is 12.0 Å². The number of nitrogens with two attached hydrogens (primary N) is 1. The van der Waals surface area contributed by atoms with Crippen molar-refractivity contribution in [3.8, 4) is 0 Å². The summed E-state index contributed by atoms with van der Waals surface area (Å²) < 4.78 is 6.61. The second-order valence-electron chi connectivity index (χ2n) is 6.21. The Hall–Kier alpha value is -0.620. The molecular formula is C16H24BrN3O. The summed E-state index contributed by atoms with van der Waals surface area (Å²) in [6.07, 6.45) is 0. The highest BCUT2D eigenvalue weighted by Gasteiger charge is 2.27. The number of halogens is 1. The predicted octanol–water partition coefficient (Wildman–Crippen LogP) is 2.06. The molecule has 2 atom stereocenters. The van der Waals surface area contributed by atoms with Crippen LogP contribution in [0.3, 0.4) is 0 Å². The van der Waals surface area contributed by atoms with Crippen molar-refractivity contribution >= 4 is 21.6 Å². The Balaban J connectivity index is 1.77. The van der Waals surface area contributed by atoms with Crippen molar-refractivity contribution in [1.82, 2.24) is 4.90 Å². The first-order valence-electron chi connectivity index (χ1n) is 7.72. The normalized spacial score (nSPS) is 27.3. The van der Waals surface area contributed by atoms with E-state index in [1.54, 1.807) is 0 Å². The number of likely N-dealkylation sites (tertiary alicyclic amines) is 1. The Kier molecular flexibility index (Phi) is 4.84. The Morgan fingerprint density at radius 3 is 2.71 bits per heavy atom. The highest BCUT2D eigenvalue weighted by Crippen LogP contribution is 2.28. The maximum atomic E-state index is 6.15. The molecule has 116 valence electrons. The first-order valence-corrected chi connectivity index (χ1v) is 8.52. The van der Waals surface area contributed by atoms with Crippen LogP contribution in [0.4, 0.5) is 5.69 Å². The number of morpholine rings is 1. The lowest BCUT2D eigenvalue weighted by Gasteiger charge is -2.31. The fourth-order valence-electron chi connectivity index (χ4n) is 3.23. The van der Waals surface area contributed by atoms with Crippen LogP contribution in [-0.4, -0.2) is 50.3 Å². The smallest absolute Gasteiger partial charge is 0.0642 e. The number of nitrogens with zero attached hydrogens (tertiary/aromatic N) is 2. The fraction of sp³-hybridized carbons (Fsp3) is 0.625. The van der Waals surface area contributed by atoms with E-state index < -0.39 is 0 Å². The number of hydrogen-bond acceptors (Lipinski definition) is 4. The third-order valence-corrected chi connectivity index (χ3v) is 5.03. The summed E-state index contributed by atoms with van der Waals surface area (Å²) >= 11 is 3.60. The zero-order valence-corrected chi connectivity index (χ0v) is 14.2. The summed E-state index contributed by atoms with van der Waals surface area (Å²) in [5.74, 6) is 0.590. The molecule has 0 aliphatic carbocycles. The van der Waals surface area contributed by atoms with Gasteiger partial charge >= 0.3 is 0 Å². The average molecular weight is 354 g/mol. The van der Waals surface area contributed by atoms with Crippen molar-refractivity contribution in [1.29, 1.82) is 0 Å². The van der Waals surface area contributed by atoms with Crippen molar-refractivity contribution in [2.45, 2.75) is 19.5 Å². The van der Waals surface area contributed by atoms with E-state index in [1.807, 2.05) is 0 Å². The van der Waals surface area contributed by atoms with Gasteiger partial charge < -0.3 is 15.4 Å². The Morgan fingerprint density at radius 2 is 2.05 bits per heavy atom. The van der Waals surface area contributed by atoms with Gasteiger partial charge in [0, 0.05) is 48.9 Å². The van der Waals surface area contributed by atoms with Crippen LogP contribution in [0, 0.1) is 5.92 Å². The van der Waals surface area contributed by atoms with E-state index in [4.69, 9.17) is 10.5 Å². The summed E-state index contributed by atoms with van der Waals surface area (Å²) in [5, 5.41) is 0. The first kappa shape index (κ1) is 15.3. The van der Waals surface area contributed by atoms with Crippen LogP contribution in [0.15, 0.2) is 22.7 Å². The average Bonchev–Trinajstić information content (AvgIpc) is 2.80. The lowest BCUT2D eigenvalue weighted by Crippen LogP contribution is -2.37. The molecule has 2 aliphatic rings. The molecular weight excluding hydrogens is 330 g/mol. The summed E-state index contributed by atoms with van der Waals surface area (Å²) in [7, 11) is 0. The molecule has 0 spiro atoms. The third kappa shape index (κ3) is 3.59. The minimum Gasteiger partial charge on any atom is -0.378 e. The summed E-state index contributed by atoms with van der Waals surface area (Å²) in [5.41, 5.74) is 8.88. The van der Waals surface area contributed by atoms with Gasteiger partial charge in [-0.05, 0) is 23.6 Å². The topological polar surface area (TPSA) is 41.7 Å². The molecule has 0 saturated carbocycles. The zero-order valence-electron chi connectivity index (χ0n) is 12.6. The number of rotatable bonds is 3. The van der Waals surface area contributed by atoms with Gasteiger partial charge in [0.25, 0.3) is 0 Å². The van der Waals surface area contributed by atoms with E-state index in [2.05, 4.69) is 50.9 Å². The highest BCUT2D eigenvalue weighted by atomic mass is 79.9. The minimum absolute atomic E-state index is 0.312. The molecule has 0 radical (unpaired) electrons. The van der Waals surface area contributed by atoms with Gasteiger partial charge in [-0.15, -0.1) is 0 Å². The van der Waals surface area contributed by atoms with Gasteiger partial charge in [0.2, 0.25) is 0 Å². The van der Waals surface area contributed by atoms with Gasteiger partial charge in [0.1, 0.15) is 0 Å². The molecule has 1 aromatic carbocycles. The van der Waals surface area contributed by atoms with Gasteiger partial charge in [-0.3, -0.25) is 4.90 Å². The third-order valence-electron chi connectivity index (χ3n) is 4.54. The molecule has 4 nitrogen and oxygen atoms in total. The van der Waals surface area contributed by atoms with Crippen LogP contribution in [0.1, 0.15) is 12.5 Å². The van der Waals surface area contributed by atoms with Crippen LogP contribution in [0.2, 0.25) is 0 Å². The van der Waals surface area contributed by atoms with Crippen molar-refractivity contribution in [2.75, 3.05) is 44.3 Å². The zero-order chi connectivity index (χ0) is 14.8. The monoisotopic (exact) mass is 353 g/mol. The highest BCUT2D eigenvalue weighted by molar-refractivity contribution is 9.10. The maximum Gasteiger partial charge on any atom is 0.0642 e. The summed E-state index contributed by atoms with van der Waals surface area (Å²) in [4.78, 5) is 4.91. The molecule has 1 aromatic rings. The van der Waals surface area contributed by atoms with Gasteiger partial charge in [-0.25, -0.2) is 0 Å². The van der Waals surface area contributed by atoms with Crippen LogP contribution in [0.5, 0.6) is 0 Å². The molecule has 2 fully saturated rings. The van der Waals surface area contributed by atoms with Gasteiger partial charge in [-0.2, -0.15) is 0 Å². The Morgan fingerprint density at radius 1 is 1.29 bits per heavy atom. The van der Waals surface area contributed by atoms with Crippen molar-refractivity contribution < 1.29 is 4.74 Å². The molecule has 0 aromatic heterocycles. The molecule has 0 bridgehead atoms. The lowest BCUT2D eigenvalue weighted by atomic mass is 10.1. The quantitative estimate of drug-likeness (QED) is 0.902. The van der Waals surface area contributed by atoms with Crippen LogP contribution < -0.4 is 10.6 Å². The molecule has 2 saturated heterocycles. The van der Waals surface area contributed by atoms with Gasteiger partial charge in [-0.1, -0.05) is 28.9 Å². The van der Waals surface area contributed by atoms with Gasteiger partial charge in [0.15, 0.2) is 0 Å². The number of benzene rings is 1. The standard InChI is InChI=1S/C16H24BrN3O/c1-12-9-19(11-15(12)18)10-13-2-3-14(17)8-16(13)20-4-6-21-7-5-20/h2-3,8,12,15H,4-7,9-11,18H2,1H3. The minimum atomic E-state index is 0.312. The van der Waals surface area contributed by atoms with Crippen molar-refractivity contribution in [3.05, 3.63) is 28.2 Å². The SMILES string of the molecule is CC1CN(Cc2ccc(Br)cc2N2CCOCC2)CC1N. The number of anilines is 1. The molecule has 2 unspecified atom stereocenters. The number of ether oxygens (including phenoxy) is 1. The second-order valence-corrected chi connectivity index (χ2v) is 7.12. The van der Waals surface area contributed by atoms with Crippen LogP contribution in [-0.2, 0) is 11.3 Å². The van der Waals surface area contributed by atoms with E-state index in [0.717, 1.165) is 50.4 Å². The van der Waals surface area contributed by atoms with Gasteiger partial charge in [0.05, 0.1) is 13.2 Å². The Bertz CT molecular complexity index is 480. The Labute approximate surface area is 135 Å². The van der Waals surface area contributed by atoms with Crippen LogP contribution in [0.25, 0.3) is 0 Å². The van der Waals surface area contributed by atoms with Crippen LogP contribution >= 0.6 is 15.9 Å². The van der Waals surface area contributed by atoms with E-state index in [9.17, 15) is 0 Å². The molecule has 21 heavy (non-hydrogen) atoms. The van der Waals surface area contributed by atoms with E-state index in [1.165, 1.54) is 11.3 Å². The molecule has 0 amide bonds. The van der Waals surface area contributed by atoms with E-state index >= 15 is 0 Å². The van der Waals surface area contributed by atoms with Crippen molar-refractivity contribution in [2.24, 2.45) is 11.7 Å². The summed E-state index contributed by atoms with van der Waals surface area (Å²) in [6.45, 7) is 8.90. The fourth-order valence-corrected chi connectivity index (χ4v) is 3.58. The summed E-state index contributed by atoms with van der Waals surface area (Å²) in [6, 6.07) is 6.93. The predicted molar refractivity (Wildman–Crippen MR) is 89.6 cm³/mol. The lowest BCUT2D eigenvalue weighted by molar-refractivity contribution is 0.122. The molecule has 2 heterocycles. The molecule has 2 aliphatic heterocycles. The molecule has 2 N–H and O–H groups in total. The maximum absolute atomic E-state index is 6.15. The van der Waals surface area contributed by atoms with E-state index in [-0.39, 0.29) is 0 Å². The molecule has 3 rings (SSSR count). The molecule has 5 heteroatoms. The largest absolute Gasteiger partial charge is 0.378 e. The second kappa shape index (κ2) is 6.65.